The van der Waals surface area contributed by atoms with Gasteiger partial charge in [0.2, 0.25) is 0 Å². The summed E-state index contributed by atoms with van der Waals surface area (Å²) in [6, 6.07) is 0. The molecule has 3 nitrogen and oxygen atoms in total. The van der Waals surface area contributed by atoms with Gasteiger partial charge >= 0.3 is 10.4 Å². The molecule has 0 unspecified atom stereocenters. The Labute approximate surface area is 77.9 Å². The van der Waals surface area contributed by atoms with Crippen LogP contribution in [0.1, 0.15) is 0 Å². The second-order valence-electron chi connectivity index (χ2n) is 0.476. The summed E-state index contributed by atoms with van der Waals surface area (Å²) in [4.78, 5) is 0. The minimum atomic E-state index is -4.67. The van der Waals surface area contributed by atoms with Crippen LogP contribution in [0.3, 0.4) is 0 Å². The number of nitrogens with two attached hydrogens (primary N) is 1. The normalized spacial score (nSPS) is 9.67. The maximum Gasteiger partial charge on any atom is 0.369 e. The monoisotopic (exact) mass is 138 g/mol. The molecule has 0 aromatic heterocycles. The fraction of sp³-hybridized carbons (Fsp3) is 0. The van der Waals surface area contributed by atoms with E-state index in [2.05, 4.69) is 5.14 Å². The fourth-order valence-corrected chi connectivity index (χ4v) is 0. The van der Waals surface area contributed by atoms with Crippen molar-refractivity contribution in [1.82, 2.24) is 0 Å². The minimum absolute atomic E-state index is 0. The van der Waals surface area contributed by atoms with Crippen LogP contribution in [0, 0.1) is 0 Å². The van der Waals surface area contributed by atoms with E-state index in [9.17, 15) is 3.89 Å². The molecule has 0 spiro atoms. The quantitative estimate of drug-likeness (QED) is 0.337. The van der Waals surface area contributed by atoms with E-state index < -0.39 is 10.4 Å². The molecule has 0 rings (SSSR count). The first kappa shape index (κ1) is 10.5. The molecule has 0 fully saturated rings. The first-order valence-electron chi connectivity index (χ1n) is 0.723. The van der Waals surface area contributed by atoms with Crippen LogP contribution in [-0.4, -0.2) is 59.8 Å². The zero-order valence-electron chi connectivity index (χ0n) is 3.18. The van der Waals surface area contributed by atoms with Gasteiger partial charge in [-0.1, -0.05) is 3.89 Å². The topological polar surface area (TPSA) is 60.2 Å². The molecule has 33 valence electrons. The Balaban J connectivity index is 0. The molecule has 0 aromatic rings. The molecule has 0 aromatic carbocycles. The third-order valence-corrected chi connectivity index (χ3v) is 0. The van der Waals surface area contributed by atoms with Crippen LogP contribution in [0.5, 0.6) is 0 Å². The first-order valence-corrected chi connectivity index (χ1v) is 2.17. The molecule has 1 radical (unpaired) electrons. The van der Waals surface area contributed by atoms with Gasteiger partial charge in [0.15, 0.2) is 0 Å². The Morgan fingerprint density at radius 2 is 1.50 bits per heavy atom. The first-order chi connectivity index (χ1) is 2.00. The number of hydrogen-bond acceptors (Lipinski definition) is 2. The molecule has 0 saturated carbocycles. The zero-order chi connectivity index (χ0) is 4.50. The van der Waals surface area contributed by atoms with Crippen molar-refractivity contribution in [1.29, 1.82) is 0 Å². The Bertz CT molecular complexity index is 96.7. The molecule has 0 saturated heterocycles. The Hall–Kier alpha value is 1.48. The van der Waals surface area contributed by atoms with Crippen molar-refractivity contribution in [2.24, 2.45) is 5.14 Å². The summed E-state index contributed by atoms with van der Waals surface area (Å²) in [7, 11) is -4.67. The Morgan fingerprint density at radius 3 is 1.50 bits per heavy atom. The summed E-state index contributed by atoms with van der Waals surface area (Å²) in [6.45, 7) is 0. The molecule has 0 aliphatic rings. The molecule has 6 heteroatoms. The molecular formula is H2FKNO2S. The average molecular weight is 138 g/mol. The Morgan fingerprint density at radius 1 is 1.50 bits per heavy atom. The van der Waals surface area contributed by atoms with Gasteiger partial charge in [0.1, 0.15) is 0 Å². The standard InChI is InChI=1S/FH2NO2S.K/c1-5(2,3)4;/h(H2,2,3,4);. The van der Waals surface area contributed by atoms with Crippen molar-refractivity contribution in [3.8, 4) is 0 Å². The van der Waals surface area contributed by atoms with E-state index in [1.54, 1.807) is 0 Å². The van der Waals surface area contributed by atoms with E-state index >= 15 is 0 Å². The van der Waals surface area contributed by atoms with Gasteiger partial charge in [-0.15, -0.1) is 0 Å². The van der Waals surface area contributed by atoms with Gasteiger partial charge in [-0.05, 0) is 0 Å². The van der Waals surface area contributed by atoms with Gasteiger partial charge in [-0.25, -0.2) is 5.14 Å². The number of halogens is 1. The van der Waals surface area contributed by atoms with Crippen LogP contribution >= 0.6 is 0 Å². The second-order valence-corrected chi connectivity index (χ2v) is 1.43. The second kappa shape index (κ2) is 3.47. The molecule has 0 amide bonds. The molecule has 0 atom stereocenters. The van der Waals surface area contributed by atoms with E-state index in [0.717, 1.165) is 0 Å². The van der Waals surface area contributed by atoms with Gasteiger partial charge < -0.3 is 0 Å². The van der Waals surface area contributed by atoms with Crippen molar-refractivity contribution in [2.75, 3.05) is 0 Å². The summed E-state index contributed by atoms with van der Waals surface area (Å²) in [5, 5.41) is 3.66. The van der Waals surface area contributed by atoms with Gasteiger partial charge in [0.05, 0.1) is 0 Å². The molecule has 0 aliphatic carbocycles. The van der Waals surface area contributed by atoms with Crippen molar-refractivity contribution in [3.05, 3.63) is 0 Å². The zero-order valence-corrected chi connectivity index (χ0v) is 7.12. The molecule has 0 heterocycles. The molecule has 0 aliphatic heterocycles. The summed E-state index contributed by atoms with van der Waals surface area (Å²) in [5.41, 5.74) is 0. The third kappa shape index (κ3) is 50.3. The predicted octanol–water partition coefficient (Wildman–Crippen LogP) is -1.22. The number of hydrogen-bond donors (Lipinski definition) is 1. The maximum atomic E-state index is 10.4. The van der Waals surface area contributed by atoms with E-state index in [0.29, 0.717) is 0 Å². The van der Waals surface area contributed by atoms with Crippen LogP contribution in [0.4, 0.5) is 3.89 Å². The van der Waals surface area contributed by atoms with Crippen LogP contribution < -0.4 is 5.14 Å². The smallest absolute Gasteiger partial charge is 0.202 e. The SMILES string of the molecule is NS(=O)(=O)F.[K]. The van der Waals surface area contributed by atoms with Gasteiger partial charge in [0.25, 0.3) is 0 Å². The molecular weight excluding hydrogens is 136 g/mol. The number of rotatable bonds is 0. The van der Waals surface area contributed by atoms with Gasteiger partial charge in [-0.3, -0.25) is 0 Å². The van der Waals surface area contributed by atoms with Gasteiger partial charge in [-0.2, -0.15) is 8.42 Å². The summed E-state index contributed by atoms with van der Waals surface area (Å²) in [5.74, 6) is 0. The van der Waals surface area contributed by atoms with Crippen LogP contribution in [0.25, 0.3) is 0 Å². The van der Waals surface area contributed by atoms with E-state index in [4.69, 9.17) is 8.42 Å². The summed E-state index contributed by atoms with van der Waals surface area (Å²) < 4.78 is 27.9. The van der Waals surface area contributed by atoms with Gasteiger partial charge in [0, 0.05) is 51.4 Å². The van der Waals surface area contributed by atoms with Crippen molar-refractivity contribution in [2.45, 2.75) is 0 Å². The molecule has 2 N–H and O–H groups in total. The minimum Gasteiger partial charge on any atom is -0.202 e. The summed E-state index contributed by atoms with van der Waals surface area (Å²) in [6.07, 6.45) is 0. The molecule has 0 bridgehead atoms. The predicted molar refractivity (Wildman–Crippen MR) is 20.0 cm³/mol. The van der Waals surface area contributed by atoms with E-state index in [1.807, 2.05) is 0 Å². The third-order valence-electron chi connectivity index (χ3n) is 0. The maximum absolute atomic E-state index is 10.4. The van der Waals surface area contributed by atoms with E-state index in [1.165, 1.54) is 0 Å². The Kier molecular flexibility index (Phi) is 6.06. The fourth-order valence-electron chi connectivity index (χ4n) is 0. The van der Waals surface area contributed by atoms with Crippen molar-refractivity contribution < 1.29 is 12.3 Å². The van der Waals surface area contributed by atoms with Crippen LogP contribution in [0.15, 0.2) is 0 Å². The summed E-state index contributed by atoms with van der Waals surface area (Å²) >= 11 is 0. The average Bonchev–Trinajstić information content (AvgIpc) is 0.722. The van der Waals surface area contributed by atoms with Crippen molar-refractivity contribution >= 4 is 61.8 Å². The van der Waals surface area contributed by atoms with Crippen molar-refractivity contribution in [3.63, 3.8) is 0 Å². The van der Waals surface area contributed by atoms with Crippen LogP contribution in [-0.2, 0) is 10.4 Å². The van der Waals surface area contributed by atoms with Crippen LogP contribution in [0.2, 0.25) is 0 Å². The van der Waals surface area contributed by atoms with E-state index in [-0.39, 0.29) is 51.4 Å². The molecule has 6 heavy (non-hydrogen) atoms. The largest absolute Gasteiger partial charge is 0.369 e.